The molecule has 0 N–H and O–H groups in total. The van der Waals surface area contributed by atoms with Crippen LogP contribution in [0.5, 0.6) is 0 Å². The third kappa shape index (κ3) is 10.1. The van der Waals surface area contributed by atoms with E-state index in [0.29, 0.717) is 11.1 Å². The average molecular weight is 847 g/mol. The number of rotatable bonds is 12. The number of ether oxygens (including phenoxy) is 8. The quantitative estimate of drug-likeness (QED) is 0.146. The van der Waals surface area contributed by atoms with Crippen LogP contribution in [-0.4, -0.2) is 110 Å². The van der Waals surface area contributed by atoms with Gasteiger partial charge in [-0.25, -0.2) is 0 Å². The average Bonchev–Trinajstić information content (AvgIpc) is 3.47. The molecular formula is C39H45NO15Se. The zero-order chi connectivity index (χ0) is 40.8. The first-order valence-corrected chi connectivity index (χ1v) is 19.7. The van der Waals surface area contributed by atoms with Crippen LogP contribution in [0.3, 0.4) is 0 Å². The molecule has 0 amide bonds. The molecule has 17 heteroatoms. The van der Waals surface area contributed by atoms with Gasteiger partial charge in [-0.1, -0.05) is 6.92 Å². The van der Waals surface area contributed by atoms with Crippen LogP contribution in [0.15, 0.2) is 53.3 Å². The molecule has 1 saturated heterocycles. The topological polar surface area (TPSA) is 198 Å². The van der Waals surface area contributed by atoms with E-state index in [1.807, 2.05) is 12.1 Å². The third-order valence-electron chi connectivity index (χ3n) is 9.62. The zero-order valence-electron chi connectivity index (χ0n) is 32.0. The van der Waals surface area contributed by atoms with Crippen LogP contribution < -0.4 is 5.56 Å². The molecule has 2 aromatic carbocycles. The summed E-state index contributed by atoms with van der Waals surface area (Å²) in [6, 6.07) is 13.6. The predicted octanol–water partition coefficient (Wildman–Crippen LogP) is 2.90. The molecule has 0 radical (unpaired) electrons. The van der Waals surface area contributed by atoms with Crippen LogP contribution in [0.1, 0.15) is 65.2 Å². The van der Waals surface area contributed by atoms with Crippen molar-refractivity contribution >= 4 is 60.2 Å². The van der Waals surface area contributed by atoms with Crippen LogP contribution in [0.4, 0.5) is 0 Å². The molecule has 0 spiro atoms. The molecule has 1 aliphatic carbocycles. The van der Waals surface area contributed by atoms with E-state index >= 15 is 0 Å². The number of carbonyl (C=O) groups is 6. The molecule has 2 fully saturated rings. The van der Waals surface area contributed by atoms with Crippen molar-refractivity contribution in [2.45, 2.75) is 97.8 Å². The van der Waals surface area contributed by atoms with E-state index in [1.165, 1.54) is 46.8 Å². The van der Waals surface area contributed by atoms with E-state index in [1.54, 1.807) is 41.7 Å². The Balaban J connectivity index is 1.41. The summed E-state index contributed by atoms with van der Waals surface area (Å²) >= 11 is -0.282. The molecule has 1 aliphatic heterocycles. The van der Waals surface area contributed by atoms with Gasteiger partial charge < -0.3 is 14.2 Å². The molecule has 16 nitrogen and oxygen atoms in total. The van der Waals surface area contributed by atoms with Gasteiger partial charge in [0.25, 0.3) is 0 Å². The van der Waals surface area contributed by atoms with Gasteiger partial charge >= 0.3 is 218 Å². The summed E-state index contributed by atoms with van der Waals surface area (Å²) in [5, 5.41) is 0.634. The first kappa shape index (κ1) is 42.3. The second kappa shape index (κ2) is 18.4. The van der Waals surface area contributed by atoms with Crippen LogP contribution in [0, 0.1) is 17.8 Å². The molecule has 10 atom stereocenters. The first-order valence-electron chi connectivity index (χ1n) is 18.1. The number of nitrogens with zero attached hydrogens (tertiary/aromatic N) is 1. The summed E-state index contributed by atoms with van der Waals surface area (Å²) in [6.45, 7) is 8.98. The Morgan fingerprint density at radius 3 is 1.88 bits per heavy atom. The summed E-state index contributed by atoms with van der Waals surface area (Å²) in [7, 11) is 0. The summed E-state index contributed by atoms with van der Waals surface area (Å²) in [5.41, 5.74) is 0.592. The van der Waals surface area contributed by atoms with Crippen LogP contribution >= 0.6 is 0 Å². The van der Waals surface area contributed by atoms with E-state index in [9.17, 15) is 33.6 Å². The molecule has 5 rings (SSSR count). The Labute approximate surface area is 328 Å². The normalized spacial score (nSPS) is 27.4. The number of benzene rings is 2. The van der Waals surface area contributed by atoms with Crippen molar-refractivity contribution in [3.63, 3.8) is 0 Å². The van der Waals surface area contributed by atoms with E-state index < -0.39 is 96.5 Å². The molecule has 2 aliphatic rings. The van der Waals surface area contributed by atoms with Crippen LogP contribution in [-0.2, 0) is 61.9 Å². The summed E-state index contributed by atoms with van der Waals surface area (Å²) < 4.78 is 49.0. The summed E-state index contributed by atoms with van der Waals surface area (Å²) in [5.74, 6) is -5.93. The molecule has 2 heterocycles. The number of hydrogen-bond donors (Lipinski definition) is 0. The Morgan fingerprint density at radius 2 is 1.27 bits per heavy atom. The molecule has 302 valence electrons. The second-order valence-electron chi connectivity index (χ2n) is 13.9. The van der Waals surface area contributed by atoms with Gasteiger partial charge in [0.2, 0.25) is 0 Å². The van der Waals surface area contributed by atoms with Crippen molar-refractivity contribution in [2.75, 3.05) is 13.2 Å². The van der Waals surface area contributed by atoms with Gasteiger partial charge in [-0.2, -0.15) is 0 Å². The van der Waals surface area contributed by atoms with Crippen molar-refractivity contribution in [1.82, 2.24) is 3.56 Å². The molecular weight excluding hydrogens is 801 g/mol. The van der Waals surface area contributed by atoms with Gasteiger partial charge in [0.05, 0.1) is 12.7 Å². The zero-order valence-corrected chi connectivity index (χ0v) is 33.7. The van der Waals surface area contributed by atoms with Crippen molar-refractivity contribution < 1.29 is 66.7 Å². The standard InChI is InChI=1S/C39H45NO15Se/c1-19-33(50-23(5)43)27(17-48-21(3)41)16-30(34(19)51-24(6)44)53-35-20(2)36(52-25(7)45)39(54-31(35)18-49-22(4)42)55-38(47)26-12-14-28(15-13-26)40-37(46)29-10-8-9-11-32(29)56-40/h8-15,19-20,27,30-31,33-36,39H,16-18H2,1-7H3/t19-,20-,27?,30+,31?,33+,34?,35-,36?,39-/m0/s1. The van der Waals surface area contributed by atoms with E-state index in [0.717, 1.165) is 4.26 Å². The van der Waals surface area contributed by atoms with Crippen molar-refractivity contribution in [2.24, 2.45) is 17.8 Å². The van der Waals surface area contributed by atoms with Gasteiger partial charge in [-0.05, 0) is 6.42 Å². The monoisotopic (exact) mass is 847 g/mol. The summed E-state index contributed by atoms with van der Waals surface area (Å²) in [6.07, 6.45) is -7.44. The number of fused-ring (bicyclic) bond motifs is 1. The number of esters is 6. The minimum absolute atomic E-state index is 0.0832. The molecule has 3 aromatic rings. The Kier molecular flexibility index (Phi) is 13.9. The Morgan fingerprint density at radius 1 is 0.696 bits per heavy atom. The Bertz CT molecular complexity index is 1990. The van der Waals surface area contributed by atoms with Crippen LogP contribution in [0.2, 0.25) is 0 Å². The SMILES string of the molecule is CC(=O)OCC1O[C@@H](OC(=O)c2ccc(-n3[se]c4ccccc4c3=O)cc2)C(OC(C)=O)[C@@H](C)[C@@H]1O[C@@H]1CC(COC(C)=O)[C@H](OC(C)=O)[C@H](C)C1OC(C)=O. The summed E-state index contributed by atoms with van der Waals surface area (Å²) in [4.78, 5) is 87.3. The predicted molar refractivity (Wildman–Crippen MR) is 196 cm³/mol. The van der Waals surface area contributed by atoms with Gasteiger partial charge in [0, 0.05) is 39.5 Å². The molecule has 4 unspecified atom stereocenters. The smallest absolute Gasteiger partial charge is 0.465 e. The van der Waals surface area contributed by atoms with Crippen molar-refractivity contribution in [3.8, 4) is 5.69 Å². The maximum atomic E-state index is 13.6. The fourth-order valence-corrected chi connectivity index (χ4v) is 9.25. The van der Waals surface area contributed by atoms with E-state index in [-0.39, 0.29) is 45.5 Å². The minimum Gasteiger partial charge on any atom is -0.465 e. The Hall–Kier alpha value is -4.83. The maximum absolute atomic E-state index is 13.6. The van der Waals surface area contributed by atoms with Crippen LogP contribution in [0.25, 0.3) is 15.3 Å². The van der Waals surface area contributed by atoms with E-state index in [4.69, 9.17) is 37.9 Å². The number of hydrogen-bond acceptors (Lipinski definition) is 15. The fourth-order valence-electron chi connectivity index (χ4n) is 7.16. The minimum atomic E-state index is -1.49. The van der Waals surface area contributed by atoms with Gasteiger partial charge in [0.15, 0.2) is 0 Å². The third-order valence-corrected chi connectivity index (χ3v) is 12.0. The van der Waals surface area contributed by atoms with Gasteiger partial charge in [-0.3, -0.25) is 19.2 Å². The van der Waals surface area contributed by atoms with E-state index in [2.05, 4.69) is 0 Å². The van der Waals surface area contributed by atoms with Gasteiger partial charge in [-0.15, -0.1) is 0 Å². The van der Waals surface area contributed by atoms with Gasteiger partial charge in [0.1, 0.15) is 12.2 Å². The second-order valence-corrected chi connectivity index (χ2v) is 15.9. The van der Waals surface area contributed by atoms with Crippen molar-refractivity contribution in [1.29, 1.82) is 0 Å². The number of carbonyl (C=O) groups excluding carboxylic acids is 6. The molecule has 56 heavy (non-hydrogen) atoms. The fraction of sp³-hybridized carbons (Fsp3) is 0.513. The molecule has 1 aromatic heterocycles. The molecule has 0 bridgehead atoms. The number of aromatic nitrogens is 1. The molecule has 1 saturated carbocycles. The van der Waals surface area contributed by atoms with Crippen molar-refractivity contribution in [3.05, 3.63) is 64.4 Å². The first-order chi connectivity index (χ1) is 26.5.